The Morgan fingerprint density at radius 2 is 2.00 bits per heavy atom. The molecule has 2 aromatic rings. The van der Waals surface area contributed by atoms with E-state index in [4.69, 9.17) is 19.9 Å². The Kier molecular flexibility index (Phi) is 7.04. The molecule has 0 aliphatic carbocycles. The lowest BCUT2D eigenvalue weighted by Gasteiger charge is -2.25. The molecular formula is C14H25N6O5P. The van der Waals surface area contributed by atoms with Crippen molar-refractivity contribution in [2.45, 2.75) is 38.8 Å². The van der Waals surface area contributed by atoms with Gasteiger partial charge in [-0.1, -0.05) is 0 Å². The molecule has 0 saturated heterocycles. The fourth-order valence-electron chi connectivity index (χ4n) is 2.51. The zero-order valence-electron chi connectivity index (χ0n) is 15.2. The van der Waals surface area contributed by atoms with E-state index >= 15 is 0 Å². The van der Waals surface area contributed by atoms with Gasteiger partial charge in [-0.3, -0.25) is 4.57 Å². The zero-order chi connectivity index (χ0) is 19.3. The normalized spacial score (nSPS) is 16.7. The van der Waals surface area contributed by atoms with Crippen LogP contribution in [0.5, 0.6) is 0 Å². The second-order valence-electron chi connectivity index (χ2n) is 5.89. The number of imidazole rings is 1. The van der Waals surface area contributed by atoms with E-state index in [2.05, 4.69) is 20.0 Å². The molecule has 0 spiro atoms. The number of nitrogens with two attached hydrogens (primary N) is 1. The Hall–Kier alpha value is -1.62. The summed E-state index contributed by atoms with van der Waals surface area (Å²) in [7, 11) is -0.817. The standard InChI is InChI=1S/C14H25N6O5P/c1-9(5-20-7-18-11-12(15)16-6-17-13(11)20)25-8-26(21,22)19-10(2)14(23-3)24-4/h6-7,9-10,14H,5,8H2,1-4H3,(H2,15,16,17)(H2,19,21,22)/t9-,10+/m1/s1. The van der Waals surface area contributed by atoms with Gasteiger partial charge in [-0.05, 0) is 13.8 Å². The first-order valence-electron chi connectivity index (χ1n) is 7.95. The second kappa shape index (κ2) is 8.85. The van der Waals surface area contributed by atoms with Gasteiger partial charge in [-0.2, -0.15) is 0 Å². The first-order chi connectivity index (χ1) is 12.3. The van der Waals surface area contributed by atoms with E-state index in [-0.39, 0.29) is 12.5 Å². The number of fused-ring (bicyclic) bond motifs is 1. The van der Waals surface area contributed by atoms with Crippen LogP contribution in [-0.2, 0) is 25.3 Å². The van der Waals surface area contributed by atoms with Gasteiger partial charge in [0.05, 0.1) is 25.0 Å². The Bertz CT molecular complexity index is 767. The molecule has 0 radical (unpaired) electrons. The maximum atomic E-state index is 12.3. The number of nitrogens with one attached hydrogen (secondary N) is 1. The molecule has 0 aliphatic rings. The van der Waals surface area contributed by atoms with Crippen molar-refractivity contribution in [2.24, 2.45) is 0 Å². The number of aromatic nitrogens is 4. The average molecular weight is 388 g/mol. The summed E-state index contributed by atoms with van der Waals surface area (Å²) in [6.07, 6.45) is 1.58. The molecule has 3 atom stereocenters. The molecule has 2 heterocycles. The van der Waals surface area contributed by atoms with Crippen LogP contribution in [0.4, 0.5) is 5.82 Å². The number of anilines is 1. The van der Waals surface area contributed by atoms with Crippen LogP contribution in [0.2, 0.25) is 0 Å². The van der Waals surface area contributed by atoms with Crippen LogP contribution in [-0.4, -0.2) is 63.4 Å². The number of hydrogen-bond donors (Lipinski definition) is 3. The Morgan fingerprint density at radius 3 is 2.65 bits per heavy atom. The van der Waals surface area contributed by atoms with E-state index in [1.165, 1.54) is 20.5 Å². The summed E-state index contributed by atoms with van der Waals surface area (Å²) in [6, 6.07) is -0.489. The highest BCUT2D eigenvalue weighted by atomic mass is 31.2. The van der Waals surface area contributed by atoms with Gasteiger partial charge in [-0.25, -0.2) is 20.0 Å². The molecule has 0 bridgehead atoms. The third-order valence-electron chi connectivity index (χ3n) is 3.70. The monoisotopic (exact) mass is 388 g/mol. The molecule has 0 saturated carbocycles. The number of ether oxygens (including phenoxy) is 3. The van der Waals surface area contributed by atoms with Crippen LogP contribution in [0, 0.1) is 0 Å². The van der Waals surface area contributed by atoms with Crippen molar-refractivity contribution < 1.29 is 23.7 Å². The zero-order valence-corrected chi connectivity index (χ0v) is 16.1. The van der Waals surface area contributed by atoms with Crippen molar-refractivity contribution in [3.8, 4) is 0 Å². The van der Waals surface area contributed by atoms with Gasteiger partial charge in [0.1, 0.15) is 18.2 Å². The van der Waals surface area contributed by atoms with Crippen LogP contribution in [0.3, 0.4) is 0 Å². The van der Waals surface area contributed by atoms with Gasteiger partial charge in [0.25, 0.3) is 7.52 Å². The number of methoxy groups -OCH3 is 2. The summed E-state index contributed by atoms with van der Waals surface area (Å²) in [5.74, 6) is 0.297. The van der Waals surface area contributed by atoms with Crippen LogP contribution in [0.1, 0.15) is 13.8 Å². The van der Waals surface area contributed by atoms with Gasteiger partial charge in [0.2, 0.25) is 0 Å². The maximum Gasteiger partial charge on any atom is 0.292 e. The molecule has 2 rings (SSSR count). The minimum absolute atomic E-state index is 0.297. The highest BCUT2D eigenvalue weighted by Gasteiger charge is 2.27. The molecule has 0 aliphatic heterocycles. The first kappa shape index (κ1) is 20.7. The minimum atomic E-state index is -3.73. The summed E-state index contributed by atoms with van der Waals surface area (Å²) in [5.41, 5.74) is 6.84. The molecule has 12 heteroatoms. The Morgan fingerprint density at radius 1 is 1.31 bits per heavy atom. The van der Waals surface area contributed by atoms with Crippen LogP contribution < -0.4 is 10.8 Å². The van der Waals surface area contributed by atoms with Crippen molar-refractivity contribution in [3.05, 3.63) is 12.7 Å². The lowest BCUT2D eigenvalue weighted by atomic mass is 10.3. The van der Waals surface area contributed by atoms with Crippen molar-refractivity contribution >= 4 is 24.5 Å². The predicted octanol–water partition coefficient (Wildman–Crippen LogP) is 0.553. The first-order valence-corrected chi connectivity index (χ1v) is 9.80. The summed E-state index contributed by atoms with van der Waals surface area (Å²) < 4.78 is 29.7. The molecule has 2 aromatic heterocycles. The highest BCUT2D eigenvalue weighted by molar-refractivity contribution is 7.55. The fraction of sp³-hybridized carbons (Fsp3) is 0.643. The van der Waals surface area contributed by atoms with E-state index in [9.17, 15) is 9.46 Å². The topological polar surface area (TPSA) is 147 Å². The van der Waals surface area contributed by atoms with Crippen molar-refractivity contribution in [1.29, 1.82) is 0 Å². The molecule has 26 heavy (non-hydrogen) atoms. The number of nitrogens with zero attached hydrogens (tertiary/aromatic N) is 4. The number of rotatable bonds is 10. The van der Waals surface area contributed by atoms with E-state index in [0.29, 0.717) is 23.5 Å². The molecule has 0 amide bonds. The molecule has 0 fully saturated rings. The van der Waals surface area contributed by atoms with Crippen molar-refractivity contribution in [3.63, 3.8) is 0 Å². The maximum absolute atomic E-state index is 12.3. The summed E-state index contributed by atoms with van der Waals surface area (Å²) >= 11 is 0. The summed E-state index contributed by atoms with van der Waals surface area (Å²) in [5, 5.41) is 2.59. The molecule has 4 N–H and O–H groups in total. The molecular weight excluding hydrogens is 363 g/mol. The quantitative estimate of drug-likeness (QED) is 0.389. The average Bonchev–Trinajstić information content (AvgIpc) is 2.98. The van der Waals surface area contributed by atoms with Crippen molar-refractivity contribution in [1.82, 2.24) is 24.6 Å². The van der Waals surface area contributed by atoms with Gasteiger partial charge in [-0.15, -0.1) is 0 Å². The van der Waals surface area contributed by atoms with E-state index in [0.717, 1.165) is 0 Å². The molecule has 1 unspecified atom stereocenters. The predicted molar refractivity (Wildman–Crippen MR) is 95.4 cm³/mol. The molecule has 11 nitrogen and oxygen atoms in total. The van der Waals surface area contributed by atoms with Gasteiger partial charge in [0.15, 0.2) is 17.8 Å². The SMILES string of the molecule is COC(OC)[C@H](C)NP(=O)(O)CO[C@H](C)Cn1cnc2c(N)ncnc21. The third kappa shape index (κ3) is 5.19. The summed E-state index contributed by atoms with van der Waals surface area (Å²) in [6.45, 7) is 3.86. The third-order valence-corrected chi connectivity index (χ3v) is 5.01. The van der Waals surface area contributed by atoms with E-state index < -0.39 is 19.9 Å². The minimum Gasteiger partial charge on any atom is -0.382 e. The lowest BCUT2D eigenvalue weighted by Crippen LogP contribution is -2.38. The Labute approximate surface area is 151 Å². The van der Waals surface area contributed by atoms with Crippen LogP contribution in [0.15, 0.2) is 12.7 Å². The molecule has 0 aromatic carbocycles. The molecule has 146 valence electrons. The second-order valence-corrected chi connectivity index (χ2v) is 7.81. The largest absolute Gasteiger partial charge is 0.382 e. The van der Waals surface area contributed by atoms with E-state index in [1.807, 2.05) is 0 Å². The van der Waals surface area contributed by atoms with Crippen LogP contribution in [0.25, 0.3) is 11.2 Å². The Balaban J connectivity index is 1.92. The van der Waals surface area contributed by atoms with Gasteiger partial charge in [0, 0.05) is 14.2 Å². The number of nitrogen functional groups attached to an aromatic ring is 1. The lowest BCUT2D eigenvalue weighted by molar-refractivity contribution is -0.116. The van der Waals surface area contributed by atoms with Gasteiger partial charge >= 0.3 is 0 Å². The smallest absolute Gasteiger partial charge is 0.292 e. The van der Waals surface area contributed by atoms with Gasteiger partial charge < -0.3 is 29.4 Å². The summed E-state index contributed by atoms with van der Waals surface area (Å²) in [4.78, 5) is 22.3. The number of hydrogen-bond acceptors (Lipinski definition) is 8. The van der Waals surface area contributed by atoms with Crippen LogP contribution >= 0.6 is 7.52 Å². The van der Waals surface area contributed by atoms with Crippen molar-refractivity contribution in [2.75, 3.05) is 26.3 Å². The van der Waals surface area contributed by atoms with E-state index in [1.54, 1.807) is 24.7 Å². The highest BCUT2D eigenvalue weighted by Crippen LogP contribution is 2.37. The fourth-order valence-corrected chi connectivity index (χ4v) is 3.80.